The molecule has 0 radical (unpaired) electrons. The van der Waals surface area contributed by atoms with E-state index in [0.717, 1.165) is 23.4 Å². The number of imidazole rings is 1. The third-order valence-electron chi connectivity index (χ3n) is 6.81. The van der Waals surface area contributed by atoms with Crippen molar-refractivity contribution in [2.45, 2.75) is 78.6 Å². The van der Waals surface area contributed by atoms with Crippen LogP contribution in [0.5, 0.6) is 0 Å². The van der Waals surface area contributed by atoms with Crippen molar-refractivity contribution in [3.8, 4) is 0 Å². The Morgan fingerprint density at radius 1 is 1.16 bits per heavy atom. The number of esters is 1. The first-order chi connectivity index (χ1) is 17.6. The summed E-state index contributed by atoms with van der Waals surface area (Å²) in [5.74, 6) is -0.107. The van der Waals surface area contributed by atoms with Gasteiger partial charge in [-0.3, -0.25) is 4.79 Å². The standard InChI is InChI=1S/C28H41N5O4/c1-18(2)12-22-15-33(28(36)31-23(13-19(3)4)27(35)37-6)25(14-21-10-8-7-9-11-21)26(34)32(22)16-24-20(5)29-17-30-24/h7-11,17-19,22-23,25H,12-16H2,1-6H3,(H,29,30)(H,31,36)/t22-,23-,25-/m0/s1. The number of nitrogens with zero attached hydrogens (tertiary/aromatic N) is 3. The zero-order valence-corrected chi connectivity index (χ0v) is 22.9. The second-order valence-electron chi connectivity index (χ2n) is 10.7. The first-order valence-electron chi connectivity index (χ1n) is 13.1. The number of aryl methyl sites for hydroxylation is 1. The Kier molecular flexibility index (Phi) is 9.72. The maximum atomic E-state index is 14.1. The van der Waals surface area contributed by atoms with E-state index in [-0.39, 0.29) is 17.9 Å². The number of nitrogens with one attached hydrogen (secondary N) is 2. The summed E-state index contributed by atoms with van der Waals surface area (Å²) in [5.41, 5.74) is 2.70. The van der Waals surface area contributed by atoms with Crippen molar-refractivity contribution < 1.29 is 19.1 Å². The number of ether oxygens (including phenoxy) is 1. The van der Waals surface area contributed by atoms with Crippen molar-refractivity contribution in [1.82, 2.24) is 25.1 Å². The summed E-state index contributed by atoms with van der Waals surface area (Å²) in [4.78, 5) is 51.2. The van der Waals surface area contributed by atoms with E-state index in [2.05, 4.69) is 29.1 Å². The average Bonchev–Trinajstić information content (AvgIpc) is 3.26. The van der Waals surface area contributed by atoms with Crippen LogP contribution in [0.15, 0.2) is 36.7 Å². The highest BCUT2D eigenvalue weighted by atomic mass is 16.5. The van der Waals surface area contributed by atoms with E-state index in [1.807, 2.05) is 56.0 Å². The quantitative estimate of drug-likeness (QED) is 0.473. The minimum Gasteiger partial charge on any atom is -0.467 e. The van der Waals surface area contributed by atoms with Gasteiger partial charge in [0.15, 0.2) is 0 Å². The fraction of sp³-hybridized carbons (Fsp3) is 0.571. The molecule has 1 aliphatic heterocycles. The number of rotatable bonds is 10. The molecule has 9 heteroatoms. The predicted octanol–water partition coefficient (Wildman–Crippen LogP) is 3.69. The maximum absolute atomic E-state index is 14.1. The van der Waals surface area contributed by atoms with Gasteiger partial charge in [-0.05, 0) is 37.2 Å². The number of hydrogen-bond acceptors (Lipinski definition) is 5. The zero-order chi connectivity index (χ0) is 27.1. The molecule has 1 aliphatic rings. The van der Waals surface area contributed by atoms with Crippen LogP contribution in [0, 0.1) is 18.8 Å². The highest BCUT2D eigenvalue weighted by Gasteiger charge is 2.43. The fourth-order valence-corrected chi connectivity index (χ4v) is 4.94. The third kappa shape index (κ3) is 7.33. The van der Waals surface area contributed by atoms with Gasteiger partial charge < -0.3 is 24.8 Å². The molecule has 0 spiro atoms. The molecule has 1 fully saturated rings. The smallest absolute Gasteiger partial charge is 0.328 e. The van der Waals surface area contributed by atoms with E-state index in [1.165, 1.54) is 7.11 Å². The van der Waals surface area contributed by atoms with E-state index in [4.69, 9.17) is 4.74 Å². The molecule has 9 nitrogen and oxygen atoms in total. The topological polar surface area (TPSA) is 108 Å². The SMILES string of the molecule is COC(=O)[C@H](CC(C)C)NC(=O)N1C[C@H](CC(C)C)N(Cc2nc[nH]c2C)C(=O)[C@@H]1Cc1ccccc1. The molecule has 1 aromatic heterocycles. The number of methoxy groups -OCH3 is 1. The van der Waals surface area contributed by atoms with Crippen molar-refractivity contribution in [2.75, 3.05) is 13.7 Å². The fourth-order valence-electron chi connectivity index (χ4n) is 4.94. The maximum Gasteiger partial charge on any atom is 0.328 e. The zero-order valence-electron chi connectivity index (χ0n) is 22.9. The van der Waals surface area contributed by atoms with Gasteiger partial charge >= 0.3 is 12.0 Å². The summed E-state index contributed by atoms with van der Waals surface area (Å²) in [6, 6.07) is 7.61. The average molecular weight is 512 g/mol. The largest absolute Gasteiger partial charge is 0.467 e. The Hall–Kier alpha value is -3.36. The molecule has 0 aliphatic carbocycles. The van der Waals surface area contributed by atoms with Gasteiger partial charge in [0.2, 0.25) is 5.91 Å². The normalized spacial score (nSPS) is 18.9. The van der Waals surface area contributed by atoms with Crippen molar-refractivity contribution in [2.24, 2.45) is 11.8 Å². The van der Waals surface area contributed by atoms with Gasteiger partial charge in [-0.1, -0.05) is 58.0 Å². The lowest BCUT2D eigenvalue weighted by atomic mass is 9.94. The lowest BCUT2D eigenvalue weighted by Crippen LogP contribution is -2.66. The number of aromatic amines is 1. The predicted molar refractivity (Wildman–Crippen MR) is 142 cm³/mol. The number of benzene rings is 1. The molecule has 37 heavy (non-hydrogen) atoms. The lowest BCUT2D eigenvalue weighted by molar-refractivity contribution is -0.145. The van der Waals surface area contributed by atoms with Crippen molar-refractivity contribution in [1.29, 1.82) is 0 Å². The highest BCUT2D eigenvalue weighted by molar-refractivity contribution is 5.90. The van der Waals surface area contributed by atoms with Crippen LogP contribution < -0.4 is 5.32 Å². The van der Waals surface area contributed by atoms with Crippen molar-refractivity contribution in [3.05, 3.63) is 53.6 Å². The Morgan fingerprint density at radius 3 is 2.43 bits per heavy atom. The van der Waals surface area contributed by atoms with Gasteiger partial charge in [0, 0.05) is 18.7 Å². The van der Waals surface area contributed by atoms with E-state index >= 15 is 0 Å². The van der Waals surface area contributed by atoms with Crippen LogP contribution in [0.4, 0.5) is 4.79 Å². The van der Waals surface area contributed by atoms with Gasteiger partial charge in [0.1, 0.15) is 12.1 Å². The van der Waals surface area contributed by atoms with Crippen LogP contribution in [0.25, 0.3) is 0 Å². The number of piperazine rings is 1. The number of carbonyl (C=O) groups is 3. The number of carbonyl (C=O) groups excluding carboxylic acids is 3. The molecular formula is C28H41N5O4. The Labute approximate surface area is 220 Å². The summed E-state index contributed by atoms with van der Waals surface area (Å²) in [5, 5.41) is 2.87. The molecule has 202 valence electrons. The van der Waals surface area contributed by atoms with E-state index in [9.17, 15) is 14.4 Å². The van der Waals surface area contributed by atoms with Crippen LogP contribution in [0.1, 0.15) is 57.5 Å². The van der Waals surface area contributed by atoms with Crippen LogP contribution in [0.3, 0.4) is 0 Å². The second kappa shape index (κ2) is 12.7. The number of hydrogen-bond donors (Lipinski definition) is 2. The van der Waals surface area contributed by atoms with Crippen molar-refractivity contribution in [3.63, 3.8) is 0 Å². The van der Waals surface area contributed by atoms with Gasteiger partial charge in [-0.25, -0.2) is 14.6 Å². The van der Waals surface area contributed by atoms with Crippen LogP contribution in [-0.4, -0.2) is 69.5 Å². The third-order valence-corrected chi connectivity index (χ3v) is 6.81. The monoisotopic (exact) mass is 511 g/mol. The summed E-state index contributed by atoms with van der Waals surface area (Å²) >= 11 is 0. The Balaban J connectivity index is 1.95. The van der Waals surface area contributed by atoms with Crippen LogP contribution >= 0.6 is 0 Å². The number of H-pyrrole nitrogens is 1. The molecule has 3 amide bonds. The molecule has 2 N–H and O–H groups in total. The first-order valence-corrected chi connectivity index (χ1v) is 13.1. The number of urea groups is 1. The second-order valence-corrected chi connectivity index (χ2v) is 10.7. The summed E-state index contributed by atoms with van der Waals surface area (Å²) in [7, 11) is 1.32. The molecule has 0 unspecified atom stereocenters. The highest BCUT2D eigenvalue weighted by Crippen LogP contribution is 2.27. The van der Waals surface area contributed by atoms with Crippen LogP contribution in [-0.2, 0) is 27.3 Å². The Bertz CT molecular complexity index is 1050. The molecule has 2 heterocycles. The molecule has 1 aromatic carbocycles. The molecule has 2 aromatic rings. The minimum atomic E-state index is -0.779. The van der Waals surface area contributed by atoms with Gasteiger partial charge in [-0.15, -0.1) is 0 Å². The summed E-state index contributed by atoms with van der Waals surface area (Å²) in [6.45, 7) is 10.9. The van der Waals surface area contributed by atoms with Gasteiger partial charge in [0.25, 0.3) is 0 Å². The summed E-state index contributed by atoms with van der Waals surface area (Å²) < 4.78 is 4.95. The van der Waals surface area contributed by atoms with Crippen molar-refractivity contribution >= 4 is 17.9 Å². The first kappa shape index (κ1) is 28.2. The van der Waals surface area contributed by atoms with E-state index in [0.29, 0.717) is 31.8 Å². The molecule has 1 saturated heterocycles. The van der Waals surface area contributed by atoms with Crippen LogP contribution in [0.2, 0.25) is 0 Å². The minimum absolute atomic E-state index is 0.114. The Morgan fingerprint density at radius 2 is 1.86 bits per heavy atom. The molecule has 0 bridgehead atoms. The molecule has 3 atom stereocenters. The molecular weight excluding hydrogens is 470 g/mol. The molecule has 3 rings (SSSR count). The number of amides is 3. The van der Waals surface area contributed by atoms with Gasteiger partial charge in [-0.2, -0.15) is 0 Å². The van der Waals surface area contributed by atoms with E-state index < -0.39 is 24.1 Å². The summed E-state index contributed by atoms with van der Waals surface area (Å²) in [6.07, 6.45) is 3.21. The number of aromatic nitrogens is 2. The van der Waals surface area contributed by atoms with Gasteiger partial charge in [0.05, 0.1) is 31.7 Å². The lowest BCUT2D eigenvalue weighted by Gasteiger charge is -2.46. The molecule has 0 saturated carbocycles. The van der Waals surface area contributed by atoms with E-state index in [1.54, 1.807) is 11.2 Å².